The number of H-pyrrole nitrogens is 1. The van der Waals surface area contributed by atoms with Crippen LogP contribution in [0.15, 0.2) is 18.0 Å². The Morgan fingerprint density at radius 1 is 1.45 bits per heavy atom. The van der Waals surface area contributed by atoms with Gasteiger partial charge in [-0.25, -0.2) is 9.59 Å². The van der Waals surface area contributed by atoms with Crippen molar-refractivity contribution in [3.05, 3.63) is 23.5 Å². The Labute approximate surface area is 115 Å². The Morgan fingerprint density at radius 3 is 2.75 bits per heavy atom. The van der Waals surface area contributed by atoms with E-state index in [0.717, 1.165) is 6.20 Å². The first kappa shape index (κ1) is 15.2. The van der Waals surface area contributed by atoms with Gasteiger partial charge in [-0.2, -0.15) is 10.4 Å². The number of rotatable bonds is 6. The summed E-state index contributed by atoms with van der Waals surface area (Å²) in [6.45, 7) is 3.70. The van der Waals surface area contributed by atoms with Crippen LogP contribution in [-0.2, 0) is 14.3 Å². The van der Waals surface area contributed by atoms with E-state index in [0.29, 0.717) is 0 Å². The fraction of sp³-hybridized carbons (Fsp3) is 0.333. The average molecular weight is 278 g/mol. The number of nitriles is 1. The molecule has 1 rings (SSSR count). The Balaban J connectivity index is 2.84. The highest BCUT2D eigenvalue weighted by Gasteiger charge is 2.15. The lowest BCUT2D eigenvalue weighted by atomic mass is 10.3. The van der Waals surface area contributed by atoms with Crippen LogP contribution in [0.1, 0.15) is 24.2 Å². The molecular weight excluding hydrogens is 264 g/mol. The topological polar surface area (TPSA) is 117 Å². The smallest absolute Gasteiger partial charge is 0.350 e. The summed E-state index contributed by atoms with van der Waals surface area (Å²) in [5, 5.41) is 17.7. The Kier molecular flexibility index (Phi) is 5.77. The van der Waals surface area contributed by atoms with E-state index >= 15 is 0 Å². The van der Waals surface area contributed by atoms with E-state index in [4.69, 9.17) is 14.7 Å². The summed E-state index contributed by atoms with van der Waals surface area (Å²) in [6, 6.07) is 1.70. The van der Waals surface area contributed by atoms with Gasteiger partial charge < -0.3 is 14.8 Å². The number of nitrogens with one attached hydrogen (secondary N) is 2. The first-order valence-corrected chi connectivity index (χ1v) is 5.88. The number of aromatic amines is 1. The predicted octanol–water partition coefficient (Wildman–Crippen LogP) is 0.969. The molecule has 0 atom stereocenters. The van der Waals surface area contributed by atoms with E-state index in [9.17, 15) is 9.59 Å². The van der Waals surface area contributed by atoms with Gasteiger partial charge in [0.25, 0.3) is 0 Å². The standard InChI is InChI=1S/C12H14N4O4/c1-3-19-11(17)8(5-13)6-14-10-9(7-15-16-10)12(18)20-4-2/h6-7H,3-4H2,1-2H3,(H2,14,15,16)/b8-6-. The molecule has 8 nitrogen and oxygen atoms in total. The van der Waals surface area contributed by atoms with E-state index in [2.05, 4.69) is 15.5 Å². The lowest BCUT2D eigenvalue weighted by molar-refractivity contribution is -0.138. The van der Waals surface area contributed by atoms with Crippen LogP contribution < -0.4 is 5.32 Å². The number of aromatic nitrogens is 2. The number of nitrogens with zero attached hydrogens (tertiary/aromatic N) is 2. The van der Waals surface area contributed by atoms with E-state index in [-0.39, 0.29) is 30.2 Å². The number of carbonyl (C=O) groups is 2. The molecule has 0 bridgehead atoms. The molecule has 8 heteroatoms. The van der Waals surface area contributed by atoms with Gasteiger partial charge in [0.2, 0.25) is 0 Å². The fourth-order valence-electron chi connectivity index (χ4n) is 1.25. The van der Waals surface area contributed by atoms with E-state index in [1.165, 1.54) is 6.20 Å². The second-order valence-electron chi connectivity index (χ2n) is 3.41. The number of hydrogen-bond donors (Lipinski definition) is 2. The third-order valence-electron chi connectivity index (χ3n) is 2.11. The molecule has 0 saturated carbocycles. The largest absolute Gasteiger partial charge is 0.462 e. The minimum atomic E-state index is -0.750. The van der Waals surface area contributed by atoms with E-state index < -0.39 is 11.9 Å². The van der Waals surface area contributed by atoms with Crippen molar-refractivity contribution in [3.8, 4) is 6.07 Å². The normalized spacial score (nSPS) is 10.6. The molecule has 0 spiro atoms. The van der Waals surface area contributed by atoms with Crippen molar-refractivity contribution in [1.29, 1.82) is 5.26 Å². The molecule has 1 heterocycles. The molecule has 0 radical (unpaired) electrons. The first-order valence-electron chi connectivity index (χ1n) is 5.88. The summed E-state index contributed by atoms with van der Waals surface area (Å²) in [6.07, 6.45) is 2.42. The van der Waals surface area contributed by atoms with Crippen LogP contribution in [-0.4, -0.2) is 35.3 Å². The molecule has 0 saturated heterocycles. The summed E-state index contributed by atoms with van der Waals surface area (Å²) < 4.78 is 9.52. The van der Waals surface area contributed by atoms with Crippen LogP contribution in [0, 0.1) is 11.3 Å². The quantitative estimate of drug-likeness (QED) is 0.452. The highest BCUT2D eigenvalue weighted by molar-refractivity contribution is 5.95. The van der Waals surface area contributed by atoms with Crippen LogP contribution in [0.4, 0.5) is 5.82 Å². The highest BCUT2D eigenvalue weighted by Crippen LogP contribution is 2.13. The number of hydrogen-bond acceptors (Lipinski definition) is 7. The van der Waals surface area contributed by atoms with Gasteiger partial charge in [-0.3, -0.25) is 5.10 Å². The van der Waals surface area contributed by atoms with Gasteiger partial charge in [-0.1, -0.05) is 0 Å². The number of carbonyl (C=O) groups excluding carboxylic acids is 2. The van der Waals surface area contributed by atoms with Gasteiger partial charge in [0.05, 0.1) is 19.4 Å². The summed E-state index contributed by atoms with van der Waals surface area (Å²) >= 11 is 0. The van der Waals surface area contributed by atoms with E-state index in [1.807, 2.05) is 0 Å². The van der Waals surface area contributed by atoms with Gasteiger partial charge in [0.15, 0.2) is 5.57 Å². The van der Waals surface area contributed by atoms with Gasteiger partial charge in [-0.15, -0.1) is 0 Å². The van der Waals surface area contributed by atoms with Crippen molar-refractivity contribution in [2.24, 2.45) is 0 Å². The number of ether oxygens (including phenoxy) is 2. The zero-order valence-electron chi connectivity index (χ0n) is 11.1. The Bertz CT molecular complexity index is 556. The van der Waals surface area contributed by atoms with Crippen LogP contribution in [0.3, 0.4) is 0 Å². The summed E-state index contributed by atoms with van der Waals surface area (Å²) in [7, 11) is 0. The zero-order chi connectivity index (χ0) is 15.0. The summed E-state index contributed by atoms with van der Waals surface area (Å²) in [4.78, 5) is 23.0. The zero-order valence-corrected chi connectivity index (χ0v) is 11.1. The highest BCUT2D eigenvalue weighted by atomic mass is 16.5. The predicted molar refractivity (Wildman–Crippen MR) is 68.5 cm³/mol. The number of esters is 2. The maximum absolute atomic E-state index is 11.6. The summed E-state index contributed by atoms with van der Waals surface area (Å²) in [5.41, 5.74) is -0.0551. The Hall–Kier alpha value is -2.82. The second-order valence-corrected chi connectivity index (χ2v) is 3.41. The maximum atomic E-state index is 11.6. The Morgan fingerprint density at radius 2 is 2.15 bits per heavy atom. The molecule has 20 heavy (non-hydrogen) atoms. The molecule has 1 aromatic heterocycles. The average Bonchev–Trinajstić information content (AvgIpc) is 2.88. The fourth-order valence-corrected chi connectivity index (χ4v) is 1.25. The van der Waals surface area contributed by atoms with Gasteiger partial charge >= 0.3 is 11.9 Å². The van der Waals surface area contributed by atoms with Crippen molar-refractivity contribution in [3.63, 3.8) is 0 Å². The van der Waals surface area contributed by atoms with Crippen LogP contribution >= 0.6 is 0 Å². The van der Waals surface area contributed by atoms with Crippen molar-refractivity contribution >= 4 is 17.8 Å². The molecule has 2 N–H and O–H groups in total. The number of anilines is 1. The molecular formula is C12H14N4O4. The van der Waals surface area contributed by atoms with Crippen molar-refractivity contribution in [2.75, 3.05) is 18.5 Å². The van der Waals surface area contributed by atoms with Gasteiger partial charge in [0, 0.05) is 6.20 Å². The van der Waals surface area contributed by atoms with Crippen molar-refractivity contribution < 1.29 is 19.1 Å². The monoisotopic (exact) mass is 278 g/mol. The molecule has 106 valence electrons. The second kappa shape index (κ2) is 7.58. The molecule has 0 aliphatic heterocycles. The molecule has 0 amide bonds. The third-order valence-corrected chi connectivity index (χ3v) is 2.11. The molecule has 0 aliphatic rings. The van der Waals surface area contributed by atoms with Gasteiger partial charge in [-0.05, 0) is 13.8 Å². The molecule has 0 aromatic carbocycles. The maximum Gasteiger partial charge on any atom is 0.350 e. The lowest BCUT2D eigenvalue weighted by Gasteiger charge is -2.03. The molecule has 0 fully saturated rings. The first-order chi connectivity index (χ1) is 9.63. The van der Waals surface area contributed by atoms with Gasteiger partial charge in [0.1, 0.15) is 17.5 Å². The minimum Gasteiger partial charge on any atom is -0.462 e. The van der Waals surface area contributed by atoms with Crippen molar-refractivity contribution in [1.82, 2.24) is 10.2 Å². The SMILES string of the molecule is CCOC(=O)/C(C#N)=C\Nc1[nH]ncc1C(=O)OCC. The van der Waals surface area contributed by atoms with Crippen LogP contribution in [0.2, 0.25) is 0 Å². The van der Waals surface area contributed by atoms with Crippen LogP contribution in [0.25, 0.3) is 0 Å². The van der Waals surface area contributed by atoms with E-state index in [1.54, 1.807) is 19.9 Å². The minimum absolute atomic E-state index is 0.163. The van der Waals surface area contributed by atoms with Crippen molar-refractivity contribution in [2.45, 2.75) is 13.8 Å². The molecule has 0 unspecified atom stereocenters. The summed E-state index contributed by atoms with van der Waals surface area (Å²) in [5.74, 6) is -1.09. The lowest BCUT2D eigenvalue weighted by Crippen LogP contribution is -2.09. The van der Waals surface area contributed by atoms with Crippen LogP contribution in [0.5, 0.6) is 0 Å². The third kappa shape index (κ3) is 3.84. The molecule has 0 aliphatic carbocycles. The molecule has 1 aromatic rings.